The molecule has 1 aliphatic heterocycles. The van der Waals surface area contributed by atoms with Gasteiger partial charge in [0.2, 0.25) is 11.8 Å². The summed E-state index contributed by atoms with van der Waals surface area (Å²) in [5.41, 5.74) is 0.763. The maximum atomic E-state index is 13.8. The van der Waals surface area contributed by atoms with Crippen molar-refractivity contribution in [1.29, 1.82) is 0 Å². The van der Waals surface area contributed by atoms with Crippen molar-refractivity contribution >= 4 is 17.9 Å². The standard InChI is InChI=1S/C18H27F2N5O4/c1-11(2)6-13(15(26)21-8-12-9-22-24(3)10-12)23-16(27)14-7-18(19,20)4-5-25(14)17(28)29/h9-11,13-14H,4-8H2,1-3H3,(H,21,26)(H,23,27)(H,28,29)/t13-,14-/m0/s1. The molecule has 0 radical (unpaired) electrons. The lowest BCUT2D eigenvalue weighted by Gasteiger charge is -2.37. The number of aromatic nitrogens is 2. The van der Waals surface area contributed by atoms with Crippen LogP contribution in [0.5, 0.6) is 0 Å². The first-order valence-electron chi connectivity index (χ1n) is 9.41. The van der Waals surface area contributed by atoms with E-state index in [9.17, 15) is 28.3 Å². The minimum absolute atomic E-state index is 0.0350. The zero-order chi connectivity index (χ0) is 21.8. The fourth-order valence-electron chi connectivity index (χ4n) is 3.24. The molecule has 29 heavy (non-hydrogen) atoms. The third-order valence-corrected chi connectivity index (χ3v) is 4.70. The lowest BCUT2D eigenvalue weighted by atomic mass is 9.97. The Balaban J connectivity index is 2.07. The van der Waals surface area contributed by atoms with Crippen LogP contribution in [-0.4, -0.2) is 62.2 Å². The number of nitrogens with zero attached hydrogens (tertiary/aromatic N) is 3. The Morgan fingerprint density at radius 2 is 2.07 bits per heavy atom. The Kier molecular flexibility index (Phi) is 7.15. The summed E-state index contributed by atoms with van der Waals surface area (Å²) >= 11 is 0. The number of nitrogens with one attached hydrogen (secondary N) is 2. The molecule has 1 aromatic heterocycles. The van der Waals surface area contributed by atoms with Crippen LogP contribution in [0.25, 0.3) is 0 Å². The number of aryl methyl sites for hydroxylation is 1. The molecule has 0 bridgehead atoms. The predicted octanol–water partition coefficient (Wildman–Crippen LogP) is 1.34. The van der Waals surface area contributed by atoms with Gasteiger partial charge in [-0.1, -0.05) is 13.8 Å². The lowest BCUT2D eigenvalue weighted by Crippen LogP contribution is -2.59. The molecular weight excluding hydrogens is 388 g/mol. The van der Waals surface area contributed by atoms with Crippen LogP contribution in [0.1, 0.15) is 38.7 Å². The van der Waals surface area contributed by atoms with E-state index < -0.39 is 55.3 Å². The van der Waals surface area contributed by atoms with E-state index in [1.165, 1.54) is 0 Å². The molecule has 0 aliphatic carbocycles. The minimum Gasteiger partial charge on any atom is -0.465 e. The van der Waals surface area contributed by atoms with Gasteiger partial charge in [-0.2, -0.15) is 5.10 Å². The van der Waals surface area contributed by atoms with Crippen molar-refractivity contribution in [2.24, 2.45) is 13.0 Å². The van der Waals surface area contributed by atoms with E-state index in [1.807, 2.05) is 13.8 Å². The van der Waals surface area contributed by atoms with Gasteiger partial charge in [0.25, 0.3) is 5.92 Å². The van der Waals surface area contributed by atoms with Crippen LogP contribution >= 0.6 is 0 Å². The largest absolute Gasteiger partial charge is 0.465 e. The highest BCUT2D eigenvalue weighted by Crippen LogP contribution is 2.32. The highest BCUT2D eigenvalue weighted by molar-refractivity contribution is 5.91. The van der Waals surface area contributed by atoms with E-state index >= 15 is 0 Å². The average Bonchev–Trinajstić information content (AvgIpc) is 3.02. The number of rotatable bonds is 7. The number of carbonyl (C=O) groups is 3. The Morgan fingerprint density at radius 3 is 2.62 bits per heavy atom. The molecule has 9 nitrogen and oxygen atoms in total. The molecule has 0 saturated carbocycles. The van der Waals surface area contributed by atoms with Crippen molar-refractivity contribution in [2.75, 3.05) is 6.54 Å². The molecular formula is C18H27F2N5O4. The van der Waals surface area contributed by atoms with Gasteiger partial charge in [-0.3, -0.25) is 19.2 Å². The summed E-state index contributed by atoms with van der Waals surface area (Å²) in [7, 11) is 1.74. The van der Waals surface area contributed by atoms with Gasteiger partial charge in [0.1, 0.15) is 12.1 Å². The Morgan fingerprint density at radius 1 is 1.38 bits per heavy atom. The van der Waals surface area contributed by atoms with Crippen LogP contribution in [0.3, 0.4) is 0 Å². The van der Waals surface area contributed by atoms with Crippen LogP contribution < -0.4 is 10.6 Å². The smallest absolute Gasteiger partial charge is 0.407 e. The van der Waals surface area contributed by atoms with E-state index in [0.29, 0.717) is 4.90 Å². The Bertz CT molecular complexity index is 752. The fraction of sp³-hybridized carbons (Fsp3) is 0.667. The molecule has 3 N–H and O–H groups in total. The van der Waals surface area contributed by atoms with Gasteiger partial charge in [-0.25, -0.2) is 13.6 Å². The summed E-state index contributed by atoms with van der Waals surface area (Å²) in [6, 6.07) is -2.51. The molecule has 2 atom stereocenters. The molecule has 3 amide bonds. The van der Waals surface area contributed by atoms with E-state index in [0.717, 1.165) is 5.56 Å². The summed E-state index contributed by atoms with van der Waals surface area (Å²) in [4.78, 5) is 37.3. The molecule has 2 rings (SSSR count). The molecule has 0 unspecified atom stereocenters. The van der Waals surface area contributed by atoms with Crippen LogP contribution in [0.4, 0.5) is 13.6 Å². The van der Waals surface area contributed by atoms with Crippen molar-refractivity contribution in [1.82, 2.24) is 25.3 Å². The SMILES string of the molecule is CC(C)C[C@H](NC(=O)[C@@H]1CC(F)(F)CCN1C(=O)O)C(=O)NCc1cnn(C)c1. The number of piperidine rings is 1. The zero-order valence-electron chi connectivity index (χ0n) is 16.7. The number of carbonyl (C=O) groups excluding carboxylic acids is 2. The van der Waals surface area contributed by atoms with E-state index in [1.54, 1.807) is 24.1 Å². The maximum Gasteiger partial charge on any atom is 0.407 e. The van der Waals surface area contributed by atoms with E-state index in [-0.39, 0.29) is 18.9 Å². The fourth-order valence-corrected chi connectivity index (χ4v) is 3.24. The van der Waals surface area contributed by atoms with Gasteiger partial charge in [-0.05, 0) is 12.3 Å². The van der Waals surface area contributed by atoms with Crippen LogP contribution in [0.15, 0.2) is 12.4 Å². The molecule has 2 heterocycles. The number of amides is 3. The van der Waals surface area contributed by atoms with Gasteiger partial charge in [0, 0.05) is 44.7 Å². The van der Waals surface area contributed by atoms with Crippen molar-refractivity contribution in [2.45, 2.75) is 57.7 Å². The second-order valence-electron chi connectivity index (χ2n) is 7.73. The molecule has 1 aromatic rings. The van der Waals surface area contributed by atoms with E-state index in [4.69, 9.17) is 0 Å². The van der Waals surface area contributed by atoms with Crippen molar-refractivity contribution < 1.29 is 28.3 Å². The predicted molar refractivity (Wildman–Crippen MR) is 99.1 cm³/mol. The van der Waals surface area contributed by atoms with Crippen molar-refractivity contribution in [3.63, 3.8) is 0 Å². The summed E-state index contributed by atoms with van der Waals surface area (Å²) in [5, 5.41) is 18.4. The molecule has 11 heteroatoms. The summed E-state index contributed by atoms with van der Waals surface area (Å²) in [6.07, 6.45) is 0.611. The quantitative estimate of drug-likeness (QED) is 0.622. The highest BCUT2D eigenvalue weighted by atomic mass is 19.3. The molecule has 0 aromatic carbocycles. The second kappa shape index (κ2) is 9.19. The first-order chi connectivity index (χ1) is 13.5. The van der Waals surface area contributed by atoms with Crippen molar-refractivity contribution in [3.05, 3.63) is 18.0 Å². The Hall–Kier alpha value is -2.72. The van der Waals surface area contributed by atoms with Crippen LogP contribution in [0, 0.1) is 5.92 Å². The second-order valence-corrected chi connectivity index (χ2v) is 7.73. The number of hydrogen-bond acceptors (Lipinski definition) is 4. The van der Waals surface area contributed by atoms with Crippen LogP contribution in [-0.2, 0) is 23.2 Å². The third-order valence-electron chi connectivity index (χ3n) is 4.70. The number of hydrogen-bond donors (Lipinski definition) is 3. The number of halogens is 2. The third kappa shape index (κ3) is 6.40. The van der Waals surface area contributed by atoms with Crippen LogP contribution in [0.2, 0.25) is 0 Å². The average molecular weight is 415 g/mol. The summed E-state index contributed by atoms with van der Waals surface area (Å²) < 4.78 is 29.1. The Labute approximate surface area is 167 Å². The lowest BCUT2D eigenvalue weighted by molar-refractivity contribution is -0.138. The maximum absolute atomic E-state index is 13.8. The van der Waals surface area contributed by atoms with Gasteiger partial charge < -0.3 is 15.7 Å². The number of alkyl halides is 2. The van der Waals surface area contributed by atoms with Crippen molar-refractivity contribution in [3.8, 4) is 0 Å². The topological polar surface area (TPSA) is 117 Å². The van der Waals surface area contributed by atoms with Gasteiger partial charge >= 0.3 is 6.09 Å². The zero-order valence-corrected chi connectivity index (χ0v) is 16.7. The monoisotopic (exact) mass is 415 g/mol. The first-order valence-corrected chi connectivity index (χ1v) is 9.41. The molecule has 162 valence electrons. The normalized spacial score (nSPS) is 19.7. The summed E-state index contributed by atoms with van der Waals surface area (Å²) in [5.74, 6) is -4.47. The number of carboxylic acid groups (broad SMARTS) is 1. The first kappa shape index (κ1) is 22.6. The summed E-state index contributed by atoms with van der Waals surface area (Å²) in [6.45, 7) is 3.46. The highest BCUT2D eigenvalue weighted by Gasteiger charge is 2.45. The molecule has 1 saturated heterocycles. The minimum atomic E-state index is -3.13. The molecule has 1 fully saturated rings. The molecule has 0 spiro atoms. The van der Waals surface area contributed by atoms with Gasteiger partial charge in [0.15, 0.2) is 0 Å². The number of likely N-dealkylation sites (tertiary alicyclic amines) is 1. The van der Waals surface area contributed by atoms with E-state index in [2.05, 4.69) is 15.7 Å². The van der Waals surface area contributed by atoms with Gasteiger partial charge in [0.05, 0.1) is 6.20 Å². The van der Waals surface area contributed by atoms with Gasteiger partial charge in [-0.15, -0.1) is 0 Å². The molecule has 1 aliphatic rings.